The largest absolute Gasteiger partial charge is 0.374 e. The van der Waals surface area contributed by atoms with E-state index in [-0.39, 0.29) is 12.0 Å². The summed E-state index contributed by atoms with van der Waals surface area (Å²) in [6.07, 6.45) is 4.05. The van der Waals surface area contributed by atoms with Crippen LogP contribution in [0.4, 0.5) is 0 Å². The van der Waals surface area contributed by atoms with E-state index in [2.05, 4.69) is 24.0 Å². The monoisotopic (exact) mass is 265 g/mol. The molecule has 3 rings (SSSR count). The second kappa shape index (κ2) is 4.87. The maximum absolute atomic E-state index is 6.04. The van der Waals surface area contributed by atoms with Crippen molar-refractivity contribution >= 4 is 0 Å². The molecular formula is C14H23N3O2. The van der Waals surface area contributed by atoms with E-state index in [4.69, 9.17) is 15.0 Å². The van der Waals surface area contributed by atoms with Crippen LogP contribution in [-0.2, 0) is 4.74 Å². The molecule has 5 atom stereocenters. The number of hydrogen-bond donors (Lipinski definition) is 1. The highest BCUT2D eigenvalue weighted by Crippen LogP contribution is 2.43. The maximum atomic E-state index is 6.04. The molecule has 5 nitrogen and oxygen atoms in total. The number of fused-ring (bicyclic) bond motifs is 2. The quantitative estimate of drug-likeness (QED) is 0.903. The Morgan fingerprint density at radius 2 is 2.05 bits per heavy atom. The van der Waals surface area contributed by atoms with Crippen LogP contribution in [0.25, 0.3) is 0 Å². The fraction of sp³-hybridized carbons (Fsp3) is 0.857. The molecule has 2 fully saturated rings. The summed E-state index contributed by atoms with van der Waals surface area (Å²) in [7, 11) is 0. The van der Waals surface area contributed by atoms with Crippen LogP contribution in [0.1, 0.15) is 63.6 Å². The molecule has 106 valence electrons. The van der Waals surface area contributed by atoms with Gasteiger partial charge in [-0.3, -0.25) is 0 Å². The lowest BCUT2D eigenvalue weighted by Crippen LogP contribution is -2.28. The van der Waals surface area contributed by atoms with Gasteiger partial charge in [0.15, 0.2) is 5.82 Å². The summed E-state index contributed by atoms with van der Waals surface area (Å²) in [6, 6.07) is 0.0181. The van der Waals surface area contributed by atoms with E-state index in [9.17, 15) is 0 Å². The lowest BCUT2D eigenvalue weighted by molar-refractivity contribution is 0.0996. The highest BCUT2D eigenvalue weighted by atomic mass is 16.5. The molecule has 2 bridgehead atoms. The molecule has 0 radical (unpaired) electrons. The molecule has 1 aromatic rings. The molecule has 2 aliphatic heterocycles. The Morgan fingerprint density at radius 3 is 2.58 bits per heavy atom. The van der Waals surface area contributed by atoms with Crippen molar-refractivity contribution in [2.45, 2.75) is 70.1 Å². The van der Waals surface area contributed by atoms with E-state index in [1.165, 1.54) is 6.42 Å². The van der Waals surface area contributed by atoms with Gasteiger partial charge >= 0.3 is 0 Å². The molecule has 2 N–H and O–H groups in total. The fourth-order valence-electron chi connectivity index (χ4n) is 3.56. The van der Waals surface area contributed by atoms with Crippen molar-refractivity contribution in [2.75, 3.05) is 0 Å². The van der Waals surface area contributed by atoms with Crippen molar-refractivity contribution in [2.24, 2.45) is 11.7 Å². The molecule has 5 unspecified atom stereocenters. The summed E-state index contributed by atoms with van der Waals surface area (Å²) < 4.78 is 11.3. The second-order valence-electron chi connectivity index (χ2n) is 6.34. The SMILES string of the molecule is CC(C)C(c1nc(C2CC3CCC2O3)no1)C(C)N. The van der Waals surface area contributed by atoms with E-state index in [1.54, 1.807) is 0 Å². The Bertz CT molecular complexity index is 436. The van der Waals surface area contributed by atoms with Crippen LogP contribution in [0.5, 0.6) is 0 Å². The first-order chi connectivity index (χ1) is 9.06. The highest BCUT2D eigenvalue weighted by Gasteiger charge is 2.44. The zero-order valence-corrected chi connectivity index (χ0v) is 11.9. The first-order valence-corrected chi connectivity index (χ1v) is 7.30. The van der Waals surface area contributed by atoms with Gasteiger partial charge in [0.05, 0.1) is 24.0 Å². The number of nitrogens with zero attached hydrogens (tertiary/aromatic N) is 2. The van der Waals surface area contributed by atoms with E-state index in [1.807, 2.05) is 6.92 Å². The molecule has 0 amide bonds. The molecular weight excluding hydrogens is 242 g/mol. The van der Waals surface area contributed by atoms with Gasteiger partial charge in [0, 0.05) is 6.04 Å². The topological polar surface area (TPSA) is 74.2 Å². The number of ether oxygens (including phenoxy) is 1. The minimum absolute atomic E-state index is 0.0181. The lowest BCUT2D eigenvalue weighted by atomic mass is 9.88. The average molecular weight is 265 g/mol. The second-order valence-corrected chi connectivity index (χ2v) is 6.34. The van der Waals surface area contributed by atoms with Gasteiger partial charge in [-0.15, -0.1) is 0 Å². The van der Waals surface area contributed by atoms with Gasteiger partial charge in [-0.05, 0) is 32.1 Å². The van der Waals surface area contributed by atoms with Crippen LogP contribution < -0.4 is 5.73 Å². The van der Waals surface area contributed by atoms with E-state index < -0.39 is 0 Å². The van der Waals surface area contributed by atoms with Crippen LogP contribution >= 0.6 is 0 Å². The third kappa shape index (κ3) is 2.30. The molecule has 5 heteroatoms. The summed E-state index contributed by atoms with van der Waals surface area (Å²) in [4.78, 5) is 4.62. The lowest BCUT2D eigenvalue weighted by Gasteiger charge is -2.20. The summed E-state index contributed by atoms with van der Waals surface area (Å²) in [5.74, 6) is 2.33. The van der Waals surface area contributed by atoms with E-state index in [0.29, 0.717) is 29.9 Å². The van der Waals surface area contributed by atoms with Gasteiger partial charge in [0.25, 0.3) is 0 Å². The normalized spacial score (nSPS) is 33.0. The Labute approximate surface area is 113 Å². The molecule has 2 saturated heterocycles. The smallest absolute Gasteiger partial charge is 0.231 e. The van der Waals surface area contributed by atoms with Gasteiger partial charge in [-0.2, -0.15) is 4.98 Å². The van der Waals surface area contributed by atoms with Crippen LogP contribution in [0.15, 0.2) is 4.52 Å². The number of hydrogen-bond acceptors (Lipinski definition) is 5. The Morgan fingerprint density at radius 1 is 1.26 bits per heavy atom. The zero-order chi connectivity index (χ0) is 13.6. The standard InChI is InChI=1S/C14H23N3O2/c1-7(2)12(8(3)15)14-16-13(17-19-14)10-6-9-4-5-11(10)18-9/h7-12H,4-6,15H2,1-3H3. The predicted molar refractivity (Wildman–Crippen MR) is 70.8 cm³/mol. The average Bonchev–Trinajstić information content (AvgIpc) is 3.02. The molecule has 0 saturated carbocycles. The number of aromatic nitrogens is 2. The third-order valence-electron chi connectivity index (χ3n) is 4.46. The maximum Gasteiger partial charge on any atom is 0.231 e. The zero-order valence-electron chi connectivity index (χ0n) is 11.9. The van der Waals surface area contributed by atoms with Crippen molar-refractivity contribution in [3.05, 3.63) is 11.7 Å². The molecule has 0 aliphatic carbocycles. The Balaban J connectivity index is 1.79. The summed E-state index contributed by atoms with van der Waals surface area (Å²) >= 11 is 0. The van der Waals surface area contributed by atoms with Gasteiger partial charge in [-0.1, -0.05) is 19.0 Å². The minimum atomic E-state index is 0.0181. The van der Waals surface area contributed by atoms with Gasteiger partial charge in [-0.25, -0.2) is 0 Å². The third-order valence-corrected chi connectivity index (χ3v) is 4.46. The molecule has 0 aromatic carbocycles. The minimum Gasteiger partial charge on any atom is -0.374 e. The first kappa shape index (κ1) is 13.1. The highest BCUT2D eigenvalue weighted by molar-refractivity contribution is 5.09. The van der Waals surface area contributed by atoms with Crippen LogP contribution in [0.3, 0.4) is 0 Å². The van der Waals surface area contributed by atoms with E-state index >= 15 is 0 Å². The van der Waals surface area contributed by atoms with Crippen molar-refractivity contribution in [3.63, 3.8) is 0 Å². The van der Waals surface area contributed by atoms with Crippen LogP contribution in [-0.4, -0.2) is 28.4 Å². The van der Waals surface area contributed by atoms with Crippen LogP contribution in [0, 0.1) is 5.92 Å². The number of nitrogens with two attached hydrogens (primary N) is 1. The molecule has 3 heterocycles. The molecule has 1 aromatic heterocycles. The summed E-state index contributed by atoms with van der Waals surface area (Å²) in [5, 5.41) is 4.18. The summed E-state index contributed by atoms with van der Waals surface area (Å²) in [5.41, 5.74) is 6.04. The van der Waals surface area contributed by atoms with Crippen molar-refractivity contribution in [1.82, 2.24) is 10.1 Å². The predicted octanol–water partition coefficient (Wildman–Crippen LogP) is 2.19. The van der Waals surface area contributed by atoms with Gasteiger partial charge in [0.2, 0.25) is 5.89 Å². The van der Waals surface area contributed by atoms with Crippen molar-refractivity contribution < 1.29 is 9.26 Å². The van der Waals surface area contributed by atoms with Gasteiger partial charge < -0.3 is 15.0 Å². The molecule has 19 heavy (non-hydrogen) atoms. The van der Waals surface area contributed by atoms with Gasteiger partial charge in [0.1, 0.15) is 0 Å². The number of rotatable bonds is 4. The van der Waals surface area contributed by atoms with Crippen molar-refractivity contribution in [1.29, 1.82) is 0 Å². The van der Waals surface area contributed by atoms with E-state index in [0.717, 1.165) is 18.7 Å². The Hall–Kier alpha value is -0.940. The molecule has 2 aliphatic rings. The Kier molecular flexibility index (Phi) is 3.35. The fourth-order valence-corrected chi connectivity index (χ4v) is 3.56. The van der Waals surface area contributed by atoms with Crippen molar-refractivity contribution in [3.8, 4) is 0 Å². The molecule has 0 spiro atoms. The summed E-state index contributed by atoms with van der Waals surface area (Å²) in [6.45, 7) is 6.27. The van der Waals surface area contributed by atoms with Crippen LogP contribution in [0.2, 0.25) is 0 Å². The first-order valence-electron chi connectivity index (χ1n) is 7.30.